The number of aromatic nitrogens is 4. The number of nitrogens with two attached hydrogens (primary N) is 1. The van der Waals surface area contributed by atoms with Crippen LogP contribution in [0.1, 0.15) is 0 Å². The lowest BCUT2D eigenvalue weighted by atomic mass is 10.2. The largest absolute Gasteiger partial charge is 0.396 e. The minimum Gasteiger partial charge on any atom is -0.396 e. The second-order valence-corrected chi connectivity index (χ2v) is 4.66. The molecule has 0 saturated heterocycles. The van der Waals surface area contributed by atoms with E-state index in [4.69, 9.17) is 17.3 Å². The van der Waals surface area contributed by atoms with Crippen LogP contribution in [0.4, 0.5) is 14.5 Å². The van der Waals surface area contributed by atoms with E-state index in [1.54, 1.807) is 6.07 Å². The topological polar surface area (TPSA) is 69.6 Å². The molecule has 1 heterocycles. The normalized spacial score (nSPS) is 10.8. The van der Waals surface area contributed by atoms with Crippen LogP contribution in [-0.4, -0.2) is 20.2 Å². The van der Waals surface area contributed by atoms with Gasteiger partial charge in [0.15, 0.2) is 5.82 Å². The lowest BCUT2D eigenvalue weighted by Gasteiger charge is -2.06. The van der Waals surface area contributed by atoms with Gasteiger partial charge in [-0.25, -0.2) is 8.78 Å². The van der Waals surface area contributed by atoms with Gasteiger partial charge in [-0.05, 0) is 46.8 Å². The number of nitrogen functional groups attached to an aromatic ring is 1. The van der Waals surface area contributed by atoms with Gasteiger partial charge >= 0.3 is 0 Å². The number of nitrogens with zero attached hydrogens (tertiary/aromatic N) is 4. The van der Waals surface area contributed by atoms with Crippen LogP contribution in [0.25, 0.3) is 17.1 Å². The van der Waals surface area contributed by atoms with Crippen LogP contribution in [0.5, 0.6) is 0 Å². The van der Waals surface area contributed by atoms with E-state index in [1.807, 2.05) is 0 Å². The van der Waals surface area contributed by atoms with Gasteiger partial charge in [0.1, 0.15) is 11.6 Å². The van der Waals surface area contributed by atoms with E-state index in [2.05, 4.69) is 15.5 Å². The van der Waals surface area contributed by atoms with Crippen LogP contribution >= 0.6 is 11.6 Å². The summed E-state index contributed by atoms with van der Waals surface area (Å²) in [7, 11) is 0. The molecule has 0 aliphatic carbocycles. The minimum absolute atomic E-state index is 0.0302. The SMILES string of the molecule is Nc1ccc(-c2nnnn2-c2ccc(F)c(Cl)c2)cc1F. The van der Waals surface area contributed by atoms with Crippen LogP contribution in [0, 0.1) is 11.6 Å². The number of hydrogen-bond acceptors (Lipinski definition) is 4. The summed E-state index contributed by atoms with van der Waals surface area (Å²) in [5.41, 5.74) is 6.36. The third kappa shape index (κ3) is 2.43. The zero-order valence-corrected chi connectivity index (χ0v) is 11.2. The molecule has 0 fully saturated rings. The third-order valence-corrected chi connectivity index (χ3v) is 3.17. The Kier molecular flexibility index (Phi) is 3.26. The minimum atomic E-state index is -0.570. The maximum absolute atomic E-state index is 13.5. The summed E-state index contributed by atoms with van der Waals surface area (Å²) in [6, 6.07) is 8.28. The molecule has 0 radical (unpaired) electrons. The van der Waals surface area contributed by atoms with Gasteiger partial charge in [-0.15, -0.1) is 5.10 Å². The van der Waals surface area contributed by atoms with Gasteiger partial charge in [-0.3, -0.25) is 0 Å². The molecule has 2 N–H and O–H groups in total. The van der Waals surface area contributed by atoms with Crippen molar-refractivity contribution in [1.82, 2.24) is 20.2 Å². The molecule has 0 aliphatic rings. The van der Waals surface area contributed by atoms with Crippen molar-refractivity contribution in [3.63, 3.8) is 0 Å². The molecule has 0 amide bonds. The highest BCUT2D eigenvalue weighted by molar-refractivity contribution is 6.30. The van der Waals surface area contributed by atoms with Crippen molar-refractivity contribution >= 4 is 17.3 Å². The first-order valence-corrected chi connectivity index (χ1v) is 6.23. The number of tetrazole rings is 1. The van der Waals surface area contributed by atoms with Gasteiger partial charge in [0, 0.05) is 5.56 Å². The van der Waals surface area contributed by atoms with Gasteiger partial charge in [0.2, 0.25) is 0 Å². The molecular weight excluding hydrogens is 300 g/mol. The smallest absolute Gasteiger partial charge is 0.187 e. The second-order valence-electron chi connectivity index (χ2n) is 4.25. The Morgan fingerprint density at radius 2 is 1.86 bits per heavy atom. The lowest BCUT2D eigenvalue weighted by molar-refractivity contribution is 0.627. The van der Waals surface area contributed by atoms with Crippen LogP contribution in [0.2, 0.25) is 5.02 Å². The van der Waals surface area contributed by atoms with Crippen molar-refractivity contribution in [2.24, 2.45) is 0 Å². The third-order valence-electron chi connectivity index (χ3n) is 2.88. The molecule has 5 nitrogen and oxygen atoms in total. The summed E-state index contributed by atoms with van der Waals surface area (Å²) >= 11 is 5.74. The average Bonchev–Trinajstić information content (AvgIpc) is 2.94. The van der Waals surface area contributed by atoms with Crippen LogP contribution in [0.15, 0.2) is 36.4 Å². The number of rotatable bonds is 2. The Labute approximate surface area is 123 Å². The van der Waals surface area contributed by atoms with E-state index in [0.717, 1.165) is 0 Å². The summed E-state index contributed by atoms with van der Waals surface area (Å²) in [5, 5.41) is 11.1. The first-order valence-electron chi connectivity index (χ1n) is 5.85. The molecule has 0 saturated carbocycles. The van der Waals surface area contributed by atoms with Crippen LogP contribution < -0.4 is 5.73 Å². The second kappa shape index (κ2) is 5.10. The van der Waals surface area contributed by atoms with Crippen LogP contribution in [-0.2, 0) is 0 Å². The molecule has 0 spiro atoms. The zero-order chi connectivity index (χ0) is 15.0. The van der Waals surface area contributed by atoms with Crippen molar-refractivity contribution in [2.45, 2.75) is 0 Å². The molecule has 3 aromatic rings. The van der Waals surface area contributed by atoms with Gasteiger partial charge in [0.25, 0.3) is 0 Å². The van der Waals surface area contributed by atoms with Crippen molar-refractivity contribution in [3.8, 4) is 17.1 Å². The molecule has 0 bridgehead atoms. The maximum Gasteiger partial charge on any atom is 0.187 e. The quantitative estimate of drug-likeness (QED) is 0.739. The van der Waals surface area contributed by atoms with E-state index in [-0.39, 0.29) is 16.5 Å². The molecule has 2 aromatic carbocycles. The summed E-state index contributed by atoms with van der Waals surface area (Å²) in [6.07, 6.45) is 0. The summed E-state index contributed by atoms with van der Waals surface area (Å²) in [5.74, 6) is -0.829. The number of benzene rings is 2. The standard InChI is InChI=1S/C13H8ClF2N5/c14-9-6-8(2-3-10(9)15)21-13(18-19-20-21)7-1-4-12(17)11(16)5-7/h1-6H,17H2. The lowest BCUT2D eigenvalue weighted by Crippen LogP contribution is -2.01. The Hall–Kier alpha value is -2.54. The molecule has 8 heteroatoms. The van der Waals surface area contributed by atoms with E-state index in [1.165, 1.54) is 35.0 Å². The van der Waals surface area contributed by atoms with E-state index in [0.29, 0.717) is 11.3 Å². The highest BCUT2D eigenvalue weighted by atomic mass is 35.5. The van der Waals surface area contributed by atoms with Gasteiger partial charge in [-0.2, -0.15) is 4.68 Å². The van der Waals surface area contributed by atoms with E-state index >= 15 is 0 Å². The molecule has 106 valence electrons. The summed E-state index contributed by atoms with van der Waals surface area (Å²) < 4.78 is 28.1. The number of hydrogen-bond donors (Lipinski definition) is 1. The van der Waals surface area contributed by atoms with Gasteiger partial charge < -0.3 is 5.73 Å². The van der Waals surface area contributed by atoms with Crippen molar-refractivity contribution < 1.29 is 8.78 Å². The molecular formula is C13H8ClF2N5. The van der Waals surface area contributed by atoms with E-state index < -0.39 is 11.6 Å². The predicted octanol–water partition coefficient (Wildman–Crippen LogP) is 2.84. The van der Waals surface area contributed by atoms with Crippen molar-refractivity contribution in [2.75, 3.05) is 5.73 Å². The Balaban J connectivity index is 2.12. The molecule has 0 atom stereocenters. The first-order chi connectivity index (χ1) is 10.1. The van der Waals surface area contributed by atoms with Gasteiger partial charge in [-0.1, -0.05) is 11.6 Å². The molecule has 0 aliphatic heterocycles. The monoisotopic (exact) mass is 307 g/mol. The molecule has 0 unspecified atom stereocenters. The molecule has 21 heavy (non-hydrogen) atoms. The van der Waals surface area contributed by atoms with Gasteiger partial charge in [0.05, 0.1) is 16.4 Å². The van der Waals surface area contributed by atoms with Crippen LogP contribution in [0.3, 0.4) is 0 Å². The molecule has 1 aromatic heterocycles. The predicted molar refractivity (Wildman–Crippen MR) is 73.9 cm³/mol. The fourth-order valence-electron chi connectivity index (χ4n) is 1.82. The fraction of sp³-hybridized carbons (Fsp3) is 0. The zero-order valence-electron chi connectivity index (χ0n) is 10.5. The van der Waals surface area contributed by atoms with Crippen molar-refractivity contribution in [3.05, 3.63) is 53.1 Å². The van der Waals surface area contributed by atoms with E-state index in [9.17, 15) is 8.78 Å². The Morgan fingerprint density at radius 1 is 1.05 bits per heavy atom. The highest BCUT2D eigenvalue weighted by Crippen LogP contribution is 2.24. The summed E-state index contributed by atoms with van der Waals surface area (Å²) in [6.45, 7) is 0. The Morgan fingerprint density at radius 3 is 2.57 bits per heavy atom. The number of halogens is 3. The number of anilines is 1. The maximum atomic E-state index is 13.5. The summed E-state index contributed by atoms with van der Waals surface area (Å²) in [4.78, 5) is 0. The Bertz CT molecular complexity index is 752. The first kappa shape index (κ1) is 13.4. The van der Waals surface area contributed by atoms with Crippen molar-refractivity contribution in [1.29, 1.82) is 0 Å². The highest BCUT2D eigenvalue weighted by Gasteiger charge is 2.13. The molecule has 3 rings (SSSR count). The fourth-order valence-corrected chi connectivity index (χ4v) is 2.00. The average molecular weight is 308 g/mol.